The predicted molar refractivity (Wildman–Crippen MR) is 61.4 cm³/mol. The minimum absolute atomic E-state index is 0.161. The number of nitrogens with zero attached hydrogens (tertiary/aromatic N) is 2. The summed E-state index contributed by atoms with van der Waals surface area (Å²) in [4.78, 5) is 8.38. The smallest absolute Gasteiger partial charge is 0.223 e. The standard InChI is InChI=1S/C10H16ClN3O/c1-8-4-6-12-10(13-8)14-9(3-5-11)7-15-2/h4,6,9H,3,5,7H2,1-2H3,(H,12,13,14). The Hall–Kier alpha value is -0.870. The van der Waals surface area contributed by atoms with Crippen molar-refractivity contribution in [3.8, 4) is 0 Å². The monoisotopic (exact) mass is 229 g/mol. The Labute approximate surface area is 95.0 Å². The fourth-order valence-corrected chi connectivity index (χ4v) is 1.49. The van der Waals surface area contributed by atoms with Gasteiger partial charge in [0.15, 0.2) is 0 Å². The molecule has 4 nitrogen and oxygen atoms in total. The number of rotatable bonds is 6. The third-order valence-corrected chi connectivity index (χ3v) is 2.17. The summed E-state index contributed by atoms with van der Waals surface area (Å²) in [5.41, 5.74) is 0.939. The molecule has 0 saturated carbocycles. The lowest BCUT2D eigenvalue weighted by molar-refractivity contribution is 0.184. The summed E-state index contributed by atoms with van der Waals surface area (Å²) in [5.74, 6) is 1.22. The molecule has 0 aliphatic carbocycles. The Bertz CT molecular complexity index is 290. The molecule has 1 aromatic rings. The van der Waals surface area contributed by atoms with Gasteiger partial charge < -0.3 is 10.1 Å². The van der Waals surface area contributed by atoms with E-state index in [4.69, 9.17) is 16.3 Å². The Morgan fingerprint density at radius 1 is 1.60 bits per heavy atom. The van der Waals surface area contributed by atoms with Crippen molar-refractivity contribution in [1.82, 2.24) is 9.97 Å². The fourth-order valence-electron chi connectivity index (χ4n) is 1.23. The summed E-state index contributed by atoms with van der Waals surface area (Å²) in [6.07, 6.45) is 2.56. The molecule has 1 N–H and O–H groups in total. The molecule has 0 spiro atoms. The minimum Gasteiger partial charge on any atom is -0.383 e. The van der Waals surface area contributed by atoms with E-state index in [2.05, 4.69) is 15.3 Å². The molecule has 1 heterocycles. The highest BCUT2D eigenvalue weighted by Crippen LogP contribution is 2.05. The third-order valence-electron chi connectivity index (χ3n) is 1.95. The first-order chi connectivity index (χ1) is 7.26. The summed E-state index contributed by atoms with van der Waals surface area (Å²) >= 11 is 5.69. The quantitative estimate of drug-likeness (QED) is 0.757. The molecule has 15 heavy (non-hydrogen) atoms. The van der Waals surface area contributed by atoms with Gasteiger partial charge in [0.2, 0.25) is 5.95 Å². The topological polar surface area (TPSA) is 47.0 Å². The van der Waals surface area contributed by atoms with E-state index in [1.807, 2.05) is 13.0 Å². The molecule has 0 aliphatic heterocycles. The molecule has 1 unspecified atom stereocenters. The largest absolute Gasteiger partial charge is 0.383 e. The normalized spacial score (nSPS) is 12.5. The molecule has 1 rings (SSSR count). The minimum atomic E-state index is 0.161. The summed E-state index contributed by atoms with van der Waals surface area (Å²) < 4.78 is 5.08. The zero-order chi connectivity index (χ0) is 11.1. The zero-order valence-electron chi connectivity index (χ0n) is 9.03. The van der Waals surface area contributed by atoms with Crippen LogP contribution in [-0.4, -0.2) is 35.6 Å². The van der Waals surface area contributed by atoms with Gasteiger partial charge in [0.1, 0.15) is 0 Å². The summed E-state index contributed by atoms with van der Waals surface area (Å²) in [6.45, 7) is 2.53. The van der Waals surface area contributed by atoms with Crippen molar-refractivity contribution in [2.24, 2.45) is 0 Å². The number of alkyl halides is 1. The molecule has 5 heteroatoms. The first-order valence-corrected chi connectivity index (χ1v) is 5.40. The van der Waals surface area contributed by atoms with Gasteiger partial charge in [-0.3, -0.25) is 0 Å². The van der Waals surface area contributed by atoms with Crippen molar-refractivity contribution < 1.29 is 4.74 Å². The molecule has 1 aromatic heterocycles. The number of aromatic nitrogens is 2. The van der Waals surface area contributed by atoms with Crippen molar-refractivity contribution in [2.75, 3.05) is 24.9 Å². The molecule has 0 aromatic carbocycles. The number of nitrogens with one attached hydrogen (secondary N) is 1. The van der Waals surface area contributed by atoms with Gasteiger partial charge in [0.05, 0.1) is 12.6 Å². The van der Waals surface area contributed by atoms with Gasteiger partial charge in [-0.25, -0.2) is 9.97 Å². The molecule has 1 atom stereocenters. The fraction of sp³-hybridized carbons (Fsp3) is 0.600. The first kappa shape index (κ1) is 12.2. The third kappa shape index (κ3) is 4.44. The van der Waals surface area contributed by atoms with Crippen molar-refractivity contribution in [2.45, 2.75) is 19.4 Å². The van der Waals surface area contributed by atoms with Crippen LogP contribution in [-0.2, 0) is 4.74 Å². The first-order valence-electron chi connectivity index (χ1n) is 4.87. The van der Waals surface area contributed by atoms with Crippen LogP contribution in [0, 0.1) is 6.92 Å². The number of methoxy groups -OCH3 is 1. The molecule has 84 valence electrons. The van der Waals surface area contributed by atoms with Crippen LogP contribution in [0.4, 0.5) is 5.95 Å². The van der Waals surface area contributed by atoms with Gasteiger partial charge in [-0.05, 0) is 19.4 Å². The van der Waals surface area contributed by atoms with Gasteiger partial charge in [0, 0.05) is 24.9 Å². The van der Waals surface area contributed by atoms with Crippen LogP contribution in [0.2, 0.25) is 0 Å². The molecular weight excluding hydrogens is 214 g/mol. The predicted octanol–water partition coefficient (Wildman–Crippen LogP) is 1.84. The number of aryl methyl sites for hydroxylation is 1. The highest BCUT2D eigenvalue weighted by Gasteiger charge is 2.08. The van der Waals surface area contributed by atoms with Crippen LogP contribution in [0.15, 0.2) is 12.3 Å². The number of ether oxygens (including phenoxy) is 1. The van der Waals surface area contributed by atoms with Crippen molar-refractivity contribution in [3.63, 3.8) is 0 Å². The number of halogens is 1. The zero-order valence-corrected chi connectivity index (χ0v) is 9.79. The summed E-state index contributed by atoms with van der Waals surface area (Å²) in [5, 5.41) is 3.19. The molecule has 0 fully saturated rings. The van der Waals surface area contributed by atoms with Crippen molar-refractivity contribution in [3.05, 3.63) is 18.0 Å². The molecule has 0 amide bonds. The second kappa shape index (κ2) is 6.58. The number of anilines is 1. The molecule has 0 saturated heterocycles. The Morgan fingerprint density at radius 2 is 2.40 bits per heavy atom. The van der Waals surface area contributed by atoms with Crippen LogP contribution in [0.3, 0.4) is 0 Å². The molecule has 0 bridgehead atoms. The lowest BCUT2D eigenvalue weighted by atomic mass is 10.2. The summed E-state index contributed by atoms with van der Waals surface area (Å²) in [6, 6.07) is 2.02. The van der Waals surface area contributed by atoms with E-state index in [1.54, 1.807) is 13.3 Å². The van der Waals surface area contributed by atoms with Gasteiger partial charge in [-0.15, -0.1) is 11.6 Å². The van der Waals surface area contributed by atoms with Gasteiger partial charge in [-0.2, -0.15) is 0 Å². The Morgan fingerprint density at radius 3 is 3.00 bits per heavy atom. The number of hydrogen-bond donors (Lipinski definition) is 1. The lowest BCUT2D eigenvalue weighted by Gasteiger charge is -2.16. The maximum atomic E-state index is 5.69. The second-order valence-corrected chi connectivity index (χ2v) is 3.67. The van der Waals surface area contributed by atoms with Crippen molar-refractivity contribution in [1.29, 1.82) is 0 Å². The highest BCUT2D eigenvalue weighted by molar-refractivity contribution is 6.17. The van der Waals surface area contributed by atoms with Crippen LogP contribution in [0.5, 0.6) is 0 Å². The highest BCUT2D eigenvalue weighted by atomic mass is 35.5. The molecule has 0 radical (unpaired) electrons. The van der Waals surface area contributed by atoms with E-state index in [1.165, 1.54) is 0 Å². The molecule has 0 aliphatic rings. The van der Waals surface area contributed by atoms with E-state index >= 15 is 0 Å². The molecular formula is C10H16ClN3O. The summed E-state index contributed by atoms with van der Waals surface area (Å²) in [7, 11) is 1.67. The van der Waals surface area contributed by atoms with Gasteiger partial charge in [0.25, 0.3) is 0 Å². The second-order valence-electron chi connectivity index (χ2n) is 3.30. The average molecular weight is 230 g/mol. The van der Waals surface area contributed by atoms with E-state index in [9.17, 15) is 0 Å². The van der Waals surface area contributed by atoms with E-state index in [0.29, 0.717) is 18.4 Å². The van der Waals surface area contributed by atoms with Gasteiger partial charge in [-0.1, -0.05) is 0 Å². The Kier molecular flexibility index (Phi) is 5.36. The van der Waals surface area contributed by atoms with Crippen LogP contribution in [0.1, 0.15) is 12.1 Å². The van der Waals surface area contributed by atoms with Crippen LogP contribution >= 0.6 is 11.6 Å². The van der Waals surface area contributed by atoms with E-state index in [0.717, 1.165) is 12.1 Å². The maximum absolute atomic E-state index is 5.69. The average Bonchev–Trinajstić information content (AvgIpc) is 2.18. The van der Waals surface area contributed by atoms with Crippen molar-refractivity contribution >= 4 is 17.5 Å². The Balaban J connectivity index is 2.56. The maximum Gasteiger partial charge on any atom is 0.223 e. The lowest BCUT2D eigenvalue weighted by Crippen LogP contribution is -2.26. The van der Waals surface area contributed by atoms with Crippen LogP contribution < -0.4 is 5.32 Å². The van der Waals surface area contributed by atoms with Gasteiger partial charge >= 0.3 is 0 Å². The number of hydrogen-bond acceptors (Lipinski definition) is 4. The van der Waals surface area contributed by atoms with E-state index < -0.39 is 0 Å². The SMILES string of the molecule is COCC(CCCl)Nc1nccc(C)n1. The van der Waals surface area contributed by atoms with Crippen LogP contribution in [0.25, 0.3) is 0 Å². The van der Waals surface area contributed by atoms with E-state index in [-0.39, 0.29) is 6.04 Å².